The van der Waals surface area contributed by atoms with Crippen LogP contribution in [0.5, 0.6) is 0 Å². The molecule has 0 spiro atoms. The highest BCUT2D eigenvalue weighted by Gasteiger charge is 2.40. The van der Waals surface area contributed by atoms with Gasteiger partial charge in [0.05, 0.1) is 7.11 Å². The standard InChI is InChI=1S/C14H17NO3/c1-10-8-9-15(12(10)14(17)18-2)13(16)11-6-4-3-5-7-11/h3-7,10,12H,8-9H2,1-2H3. The minimum absolute atomic E-state index is 0.102. The van der Waals surface area contributed by atoms with Gasteiger partial charge < -0.3 is 9.64 Å². The van der Waals surface area contributed by atoms with E-state index in [9.17, 15) is 9.59 Å². The topological polar surface area (TPSA) is 46.6 Å². The van der Waals surface area contributed by atoms with E-state index in [1.807, 2.05) is 25.1 Å². The summed E-state index contributed by atoms with van der Waals surface area (Å²) < 4.78 is 4.79. The molecule has 1 amide bonds. The summed E-state index contributed by atoms with van der Waals surface area (Å²) in [4.78, 5) is 25.7. The Bertz CT molecular complexity index is 444. The Labute approximate surface area is 107 Å². The molecule has 0 saturated carbocycles. The number of likely N-dealkylation sites (tertiary alicyclic amines) is 1. The van der Waals surface area contributed by atoms with Crippen LogP contribution in [0.25, 0.3) is 0 Å². The summed E-state index contributed by atoms with van der Waals surface area (Å²) in [5.41, 5.74) is 0.612. The summed E-state index contributed by atoms with van der Waals surface area (Å²) in [7, 11) is 1.36. The predicted molar refractivity (Wildman–Crippen MR) is 67.1 cm³/mol. The highest BCUT2D eigenvalue weighted by molar-refractivity contribution is 5.97. The number of hydrogen-bond donors (Lipinski definition) is 0. The van der Waals surface area contributed by atoms with E-state index in [1.54, 1.807) is 17.0 Å². The number of carbonyl (C=O) groups excluding carboxylic acids is 2. The summed E-state index contributed by atoms with van der Waals surface area (Å²) in [5, 5.41) is 0. The van der Waals surface area contributed by atoms with Crippen molar-refractivity contribution in [2.24, 2.45) is 5.92 Å². The molecule has 2 unspecified atom stereocenters. The molecular weight excluding hydrogens is 230 g/mol. The van der Waals surface area contributed by atoms with Crippen molar-refractivity contribution in [3.8, 4) is 0 Å². The first-order valence-corrected chi connectivity index (χ1v) is 6.09. The molecule has 18 heavy (non-hydrogen) atoms. The predicted octanol–water partition coefficient (Wildman–Crippen LogP) is 1.71. The lowest BCUT2D eigenvalue weighted by molar-refractivity contribution is -0.146. The fraction of sp³-hybridized carbons (Fsp3) is 0.429. The average molecular weight is 247 g/mol. The van der Waals surface area contributed by atoms with Crippen LogP contribution in [0.1, 0.15) is 23.7 Å². The molecule has 96 valence electrons. The van der Waals surface area contributed by atoms with Crippen molar-refractivity contribution in [1.82, 2.24) is 4.90 Å². The van der Waals surface area contributed by atoms with Gasteiger partial charge in [-0.25, -0.2) is 4.79 Å². The lowest BCUT2D eigenvalue weighted by atomic mass is 10.0. The molecule has 0 radical (unpaired) electrons. The van der Waals surface area contributed by atoms with Crippen LogP contribution in [0.15, 0.2) is 30.3 Å². The van der Waals surface area contributed by atoms with E-state index in [0.717, 1.165) is 6.42 Å². The smallest absolute Gasteiger partial charge is 0.328 e. The van der Waals surface area contributed by atoms with Gasteiger partial charge in [-0.15, -0.1) is 0 Å². The molecule has 2 atom stereocenters. The zero-order chi connectivity index (χ0) is 13.1. The Kier molecular flexibility index (Phi) is 3.65. The van der Waals surface area contributed by atoms with Gasteiger partial charge in [-0.2, -0.15) is 0 Å². The Morgan fingerprint density at radius 2 is 1.94 bits per heavy atom. The second kappa shape index (κ2) is 5.21. The van der Waals surface area contributed by atoms with Crippen molar-refractivity contribution >= 4 is 11.9 Å². The highest BCUT2D eigenvalue weighted by atomic mass is 16.5. The molecule has 0 aliphatic carbocycles. The number of ether oxygens (including phenoxy) is 1. The quantitative estimate of drug-likeness (QED) is 0.747. The van der Waals surface area contributed by atoms with Crippen molar-refractivity contribution in [2.45, 2.75) is 19.4 Å². The van der Waals surface area contributed by atoms with Crippen molar-refractivity contribution < 1.29 is 14.3 Å². The van der Waals surface area contributed by atoms with Gasteiger partial charge in [0.25, 0.3) is 5.91 Å². The Morgan fingerprint density at radius 3 is 2.56 bits per heavy atom. The van der Waals surface area contributed by atoms with Gasteiger partial charge in [0.1, 0.15) is 6.04 Å². The summed E-state index contributed by atoms with van der Waals surface area (Å²) in [5.74, 6) is -0.287. The third kappa shape index (κ3) is 2.23. The Hall–Kier alpha value is -1.84. The van der Waals surface area contributed by atoms with Crippen LogP contribution in [0, 0.1) is 5.92 Å². The number of methoxy groups -OCH3 is 1. The number of benzene rings is 1. The maximum Gasteiger partial charge on any atom is 0.328 e. The zero-order valence-corrected chi connectivity index (χ0v) is 10.6. The molecule has 4 heteroatoms. The average Bonchev–Trinajstić information content (AvgIpc) is 2.80. The van der Waals surface area contributed by atoms with Crippen molar-refractivity contribution in [1.29, 1.82) is 0 Å². The normalized spacial score (nSPS) is 22.9. The summed E-state index contributed by atoms with van der Waals surface area (Å²) in [6.45, 7) is 2.58. The van der Waals surface area contributed by atoms with Crippen molar-refractivity contribution in [2.75, 3.05) is 13.7 Å². The molecule has 0 aromatic heterocycles. The van der Waals surface area contributed by atoms with Crippen LogP contribution >= 0.6 is 0 Å². The first-order chi connectivity index (χ1) is 8.65. The molecule has 1 aliphatic rings. The van der Waals surface area contributed by atoms with E-state index in [2.05, 4.69) is 0 Å². The van der Waals surface area contributed by atoms with E-state index in [4.69, 9.17) is 4.74 Å². The van der Waals surface area contributed by atoms with E-state index in [0.29, 0.717) is 12.1 Å². The van der Waals surface area contributed by atoms with E-state index in [1.165, 1.54) is 7.11 Å². The van der Waals surface area contributed by atoms with Crippen LogP contribution in [0.2, 0.25) is 0 Å². The minimum atomic E-state index is -0.456. The van der Waals surface area contributed by atoms with Crippen molar-refractivity contribution in [3.05, 3.63) is 35.9 Å². The highest BCUT2D eigenvalue weighted by Crippen LogP contribution is 2.26. The summed E-state index contributed by atoms with van der Waals surface area (Å²) in [6, 6.07) is 8.57. The van der Waals surface area contributed by atoms with Gasteiger partial charge in [-0.1, -0.05) is 25.1 Å². The van der Waals surface area contributed by atoms with E-state index in [-0.39, 0.29) is 17.8 Å². The maximum absolute atomic E-state index is 12.3. The lowest BCUT2D eigenvalue weighted by Gasteiger charge is -2.24. The van der Waals surface area contributed by atoms with Crippen LogP contribution in [0.4, 0.5) is 0 Å². The Morgan fingerprint density at radius 1 is 1.28 bits per heavy atom. The second-order valence-corrected chi connectivity index (χ2v) is 4.60. The summed E-state index contributed by atoms with van der Waals surface area (Å²) in [6.07, 6.45) is 0.832. The fourth-order valence-corrected chi connectivity index (χ4v) is 2.40. The number of amides is 1. The van der Waals surface area contributed by atoms with E-state index >= 15 is 0 Å². The second-order valence-electron chi connectivity index (χ2n) is 4.60. The first kappa shape index (κ1) is 12.6. The van der Waals surface area contributed by atoms with Gasteiger partial charge in [0.2, 0.25) is 0 Å². The van der Waals surface area contributed by atoms with Gasteiger partial charge in [0, 0.05) is 12.1 Å². The summed E-state index contributed by atoms with van der Waals surface area (Å²) >= 11 is 0. The molecule has 4 nitrogen and oxygen atoms in total. The maximum atomic E-state index is 12.3. The zero-order valence-electron chi connectivity index (χ0n) is 10.6. The molecule has 0 bridgehead atoms. The van der Waals surface area contributed by atoms with Crippen LogP contribution in [0.3, 0.4) is 0 Å². The number of nitrogens with zero attached hydrogens (tertiary/aromatic N) is 1. The van der Waals surface area contributed by atoms with Crippen LogP contribution in [-0.4, -0.2) is 36.5 Å². The molecule has 1 saturated heterocycles. The largest absolute Gasteiger partial charge is 0.467 e. The molecule has 1 aliphatic heterocycles. The fourth-order valence-electron chi connectivity index (χ4n) is 2.40. The molecule has 1 heterocycles. The number of rotatable bonds is 2. The molecule has 2 rings (SSSR count). The van der Waals surface area contributed by atoms with E-state index < -0.39 is 6.04 Å². The number of carbonyl (C=O) groups is 2. The van der Waals surface area contributed by atoms with Crippen molar-refractivity contribution in [3.63, 3.8) is 0 Å². The minimum Gasteiger partial charge on any atom is -0.467 e. The van der Waals surface area contributed by atoms with Crippen LogP contribution in [-0.2, 0) is 9.53 Å². The molecule has 1 fully saturated rings. The van der Waals surface area contributed by atoms with Gasteiger partial charge >= 0.3 is 5.97 Å². The number of esters is 1. The Balaban J connectivity index is 2.22. The SMILES string of the molecule is COC(=O)C1C(C)CCN1C(=O)c1ccccc1. The number of hydrogen-bond acceptors (Lipinski definition) is 3. The van der Waals surface area contributed by atoms with Gasteiger partial charge in [-0.05, 0) is 24.5 Å². The first-order valence-electron chi connectivity index (χ1n) is 6.09. The molecular formula is C14H17NO3. The molecule has 1 aromatic carbocycles. The third-order valence-electron chi connectivity index (χ3n) is 3.42. The molecule has 1 aromatic rings. The van der Waals surface area contributed by atoms with Crippen LogP contribution < -0.4 is 0 Å². The third-order valence-corrected chi connectivity index (χ3v) is 3.42. The van der Waals surface area contributed by atoms with Gasteiger partial charge in [0.15, 0.2) is 0 Å². The lowest BCUT2D eigenvalue weighted by Crippen LogP contribution is -2.43. The molecule has 0 N–H and O–H groups in total. The monoisotopic (exact) mass is 247 g/mol. The van der Waals surface area contributed by atoms with Gasteiger partial charge in [-0.3, -0.25) is 4.79 Å².